The molecule has 1 aliphatic rings. The second kappa shape index (κ2) is 14.0. The molecular weight excluding hydrogens is 316 g/mol. The quantitative estimate of drug-likeness (QED) is 0.322. The summed E-state index contributed by atoms with van der Waals surface area (Å²) in [5.41, 5.74) is 6.03. The molecule has 1 atom stereocenters. The average Bonchev–Trinajstić information content (AvgIpc) is 3.08. The van der Waals surface area contributed by atoms with Crippen LogP contribution in [0.3, 0.4) is 0 Å². The molecule has 0 radical (unpaired) electrons. The fourth-order valence-electron chi connectivity index (χ4n) is 3.36. The van der Waals surface area contributed by atoms with Gasteiger partial charge in [-0.05, 0) is 98.3 Å². The van der Waals surface area contributed by atoms with Crippen LogP contribution in [0.25, 0.3) is 0 Å². The highest BCUT2D eigenvalue weighted by atomic mass is 16.5. The Bertz CT molecular complexity index is 494. The molecule has 0 aliphatic carbocycles. The lowest BCUT2D eigenvalue weighted by atomic mass is 10.0. The van der Waals surface area contributed by atoms with Crippen LogP contribution in [0.15, 0.2) is 46.6 Å². The predicted octanol–water partition coefficient (Wildman–Crippen LogP) is 7.95. The van der Waals surface area contributed by atoms with Gasteiger partial charge in [-0.2, -0.15) is 0 Å². The number of ether oxygens (including phenoxy) is 1. The molecule has 0 aromatic carbocycles. The minimum Gasteiger partial charge on any atom is -0.381 e. The second-order valence-corrected chi connectivity index (χ2v) is 8.36. The molecule has 1 nitrogen and oxygen atoms in total. The van der Waals surface area contributed by atoms with Gasteiger partial charge in [-0.15, -0.1) is 0 Å². The Morgan fingerprint density at radius 3 is 1.69 bits per heavy atom. The largest absolute Gasteiger partial charge is 0.381 e. The maximum atomic E-state index is 5.45. The maximum Gasteiger partial charge on any atom is 0.0495 e. The van der Waals surface area contributed by atoms with Gasteiger partial charge in [0.2, 0.25) is 0 Å². The summed E-state index contributed by atoms with van der Waals surface area (Å²) in [6, 6.07) is 0. The third kappa shape index (κ3) is 12.3. The third-order valence-corrected chi connectivity index (χ3v) is 5.25. The first-order chi connectivity index (χ1) is 12.5. The van der Waals surface area contributed by atoms with Crippen molar-refractivity contribution in [2.75, 3.05) is 13.2 Å². The Balaban J connectivity index is 2.14. The normalized spacial score (nSPS) is 19.1. The summed E-state index contributed by atoms with van der Waals surface area (Å²) in [6.07, 6.45) is 20.6. The van der Waals surface area contributed by atoms with Crippen LogP contribution in [0.4, 0.5) is 0 Å². The molecule has 0 aromatic rings. The molecule has 0 saturated carbocycles. The van der Waals surface area contributed by atoms with Gasteiger partial charge in [0.1, 0.15) is 0 Å². The lowest BCUT2D eigenvalue weighted by Gasteiger charge is -2.05. The Morgan fingerprint density at radius 2 is 1.23 bits per heavy atom. The van der Waals surface area contributed by atoms with Gasteiger partial charge in [0.15, 0.2) is 0 Å². The summed E-state index contributed by atoms with van der Waals surface area (Å²) in [6.45, 7) is 13.1. The molecule has 0 amide bonds. The topological polar surface area (TPSA) is 9.23 Å². The lowest BCUT2D eigenvalue weighted by Crippen LogP contribution is -1.97. The van der Waals surface area contributed by atoms with Crippen LogP contribution in [0.5, 0.6) is 0 Å². The highest BCUT2D eigenvalue weighted by Crippen LogP contribution is 2.19. The molecule has 0 N–H and O–H groups in total. The molecule has 26 heavy (non-hydrogen) atoms. The van der Waals surface area contributed by atoms with Crippen LogP contribution < -0.4 is 0 Å². The summed E-state index contributed by atoms with van der Waals surface area (Å²) in [5.74, 6) is 0.805. The standard InChI is InChI=1S/C25H42O/c1-21(2)10-6-11-22(3)12-7-13-23(4)14-8-15-24(5)16-9-17-25-18-19-26-20-25/h10,12,14,16,25H,6-9,11,13,15,17-20H2,1-5H3/b22-12+,23-14+,24-16+. The van der Waals surface area contributed by atoms with E-state index < -0.39 is 0 Å². The average molecular weight is 359 g/mol. The second-order valence-electron chi connectivity index (χ2n) is 8.36. The zero-order valence-corrected chi connectivity index (χ0v) is 18.1. The number of rotatable bonds is 12. The smallest absolute Gasteiger partial charge is 0.0495 e. The molecular formula is C25H42O. The van der Waals surface area contributed by atoms with Crippen LogP contribution in [0, 0.1) is 5.92 Å². The third-order valence-electron chi connectivity index (χ3n) is 5.25. The molecule has 148 valence electrons. The Kier molecular flexibility index (Phi) is 12.4. The summed E-state index contributed by atoms with van der Waals surface area (Å²) in [7, 11) is 0. The van der Waals surface area contributed by atoms with Crippen LogP contribution in [0.1, 0.15) is 92.4 Å². The van der Waals surface area contributed by atoms with Crippen molar-refractivity contribution in [2.24, 2.45) is 5.92 Å². The van der Waals surface area contributed by atoms with Gasteiger partial charge in [-0.1, -0.05) is 46.6 Å². The van der Waals surface area contributed by atoms with E-state index in [0.717, 1.165) is 19.1 Å². The van der Waals surface area contributed by atoms with Crippen LogP contribution in [-0.2, 0) is 4.74 Å². The zero-order chi connectivity index (χ0) is 19.2. The van der Waals surface area contributed by atoms with E-state index in [2.05, 4.69) is 58.9 Å². The first kappa shape index (κ1) is 23.0. The first-order valence-electron chi connectivity index (χ1n) is 10.7. The van der Waals surface area contributed by atoms with Crippen molar-refractivity contribution in [2.45, 2.75) is 92.4 Å². The number of allylic oxidation sites excluding steroid dienone is 8. The van der Waals surface area contributed by atoms with Crippen molar-refractivity contribution < 1.29 is 4.74 Å². The predicted molar refractivity (Wildman–Crippen MR) is 117 cm³/mol. The summed E-state index contributed by atoms with van der Waals surface area (Å²) < 4.78 is 5.45. The highest BCUT2D eigenvalue weighted by molar-refractivity contribution is 5.07. The monoisotopic (exact) mass is 358 g/mol. The van der Waals surface area contributed by atoms with E-state index in [1.54, 1.807) is 5.57 Å². The van der Waals surface area contributed by atoms with Gasteiger partial charge in [0.05, 0.1) is 0 Å². The molecule has 0 aromatic heterocycles. The maximum absolute atomic E-state index is 5.45. The van der Waals surface area contributed by atoms with Gasteiger partial charge in [0.25, 0.3) is 0 Å². The molecule has 1 saturated heterocycles. The van der Waals surface area contributed by atoms with Crippen molar-refractivity contribution >= 4 is 0 Å². The molecule has 1 heteroatoms. The SMILES string of the molecule is CC(C)=CCC/C(C)=C/CC/C(C)=C/CC/C(C)=C/CCC1CCOC1. The minimum absolute atomic E-state index is 0.805. The first-order valence-corrected chi connectivity index (χ1v) is 10.7. The molecule has 1 heterocycles. The van der Waals surface area contributed by atoms with Crippen molar-refractivity contribution in [1.29, 1.82) is 0 Å². The van der Waals surface area contributed by atoms with Gasteiger partial charge in [-0.3, -0.25) is 0 Å². The van der Waals surface area contributed by atoms with E-state index in [0.29, 0.717) is 0 Å². The van der Waals surface area contributed by atoms with E-state index in [-0.39, 0.29) is 0 Å². The van der Waals surface area contributed by atoms with Crippen molar-refractivity contribution in [3.05, 3.63) is 46.6 Å². The minimum atomic E-state index is 0.805. The van der Waals surface area contributed by atoms with Crippen molar-refractivity contribution in [3.8, 4) is 0 Å². The Morgan fingerprint density at radius 1 is 0.731 bits per heavy atom. The van der Waals surface area contributed by atoms with Gasteiger partial charge in [0, 0.05) is 13.2 Å². The fourth-order valence-corrected chi connectivity index (χ4v) is 3.36. The van der Waals surface area contributed by atoms with Crippen LogP contribution >= 0.6 is 0 Å². The van der Waals surface area contributed by atoms with Gasteiger partial charge < -0.3 is 4.74 Å². The highest BCUT2D eigenvalue weighted by Gasteiger charge is 2.13. The Hall–Kier alpha value is -1.08. The Labute approximate surface area is 163 Å². The van der Waals surface area contributed by atoms with Crippen molar-refractivity contribution in [1.82, 2.24) is 0 Å². The van der Waals surface area contributed by atoms with E-state index in [1.807, 2.05) is 0 Å². The summed E-state index contributed by atoms with van der Waals surface area (Å²) in [5, 5.41) is 0. The molecule has 1 fully saturated rings. The van der Waals surface area contributed by atoms with Gasteiger partial charge in [-0.25, -0.2) is 0 Å². The summed E-state index contributed by atoms with van der Waals surface area (Å²) in [4.78, 5) is 0. The zero-order valence-electron chi connectivity index (χ0n) is 18.1. The molecule has 1 aliphatic heterocycles. The fraction of sp³-hybridized carbons (Fsp3) is 0.680. The number of hydrogen-bond donors (Lipinski definition) is 0. The molecule has 1 rings (SSSR count). The van der Waals surface area contributed by atoms with Crippen molar-refractivity contribution in [3.63, 3.8) is 0 Å². The molecule has 1 unspecified atom stereocenters. The van der Waals surface area contributed by atoms with Crippen LogP contribution in [-0.4, -0.2) is 13.2 Å². The van der Waals surface area contributed by atoms with E-state index in [9.17, 15) is 0 Å². The number of hydrogen-bond acceptors (Lipinski definition) is 1. The molecule has 0 bridgehead atoms. The van der Waals surface area contributed by atoms with Crippen LogP contribution in [0.2, 0.25) is 0 Å². The lowest BCUT2D eigenvalue weighted by molar-refractivity contribution is 0.184. The summed E-state index contributed by atoms with van der Waals surface area (Å²) >= 11 is 0. The van der Waals surface area contributed by atoms with E-state index in [4.69, 9.17) is 4.74 Å². The van der Waals surface area contributed by atoms with Gasteiger partial charge >= 0.3 is 0 Å². The van der Waals surface area contributed by atoms with E-state index in [1.165, 1.54) is 74.5 Å². The van der Waals surface area contributed by atoms with E-state index >= 15 is 0 Å². The molecule has 0 spiro atoms.